The van der Waals surface area contributed by atoms with Gasteiger partial charge in [0.15, 0.2) is 10.7 Å². The molecule has 3 atom stereocenters. The summed E-state index contributed by atoms with van der Waals surface area (Å²) in [4.78, 5) is 61.5. The molecule has 0 spiro atoms. The number of hydrogen-bond acceptors (Lipinski definition) is 8. The molecule has 0 unspecified atom stereocenters. The largest absolute Gasteiger partial charge is 0.443 e. The molecule has 4 amide bonds. The van der Waals surface area contributed by atoms with Crippen molar-refractivity contribution in [2.24, 2.45) is 5.92 Å². The first-order valence-corrected chi connectivity index (χ1v) is 13.5. The van der Waals surface area contributed by atoms with Gasteiger partial charge in [0.1, 0.15) is 29.6 Å². The second-order valence-electron chi connectivity index (χ2n) is 9.80. The van der Waals surface area contributed by atoms with Gasteiger partial charge in [0.05, 0.1) is 5.69 Å². The van der Waals surface area contributed by atoms with Crippen molar-refractivity contribution in [2.45, 2.75) is 72.0 Å². The Hall–Kier alpha value is -3.74. The van der Waals surface area contributed by atoms with E-state index >= 15 is 0 Å². The van der Waals surface area contributed by atoms with E-state index in [2.05, 4.69) is 31.2 Å². The van der Waals surface area contributed by atoms with Gasteiger partial charge >= 0.3 is 0 Å². The number of imidazole rings is 1. The van der Waals surface area contributed by atoms with Crippen molar-refractivity contribution in [3.63, 3.8) is 0 Å². The van der Waals surface area contributed by atoms with Gasteiger partial charge in [0, 0.05) is 18.1 Å². The van der Waals surface area contributed by atoms with Crippen LogP contribution in [0.3, 0.4) is 0 Å². The zero-order chi connectivity index (χ0) is 27.6. The van der Waals surface area contributed by atoms with E-state index < -0.39 is 35.8 Å². The fourth-order valence-electron chi connectivity index (χ4n) is 4.36. The Morgan fingerprint density at radius 2 is 1.92 bits per heavy atom. The highest BCUT2D eigenvalue weighted by Crippen LogP contribution is 2.24. The number of aryl methyl sites for hydroxylation is 2. The van der Waals surface area contributed by atoms with E-state index in [0.29, 0.717) is 42.2 Å². The van der Waals surface area contributed by atoms with Crippen molar-refractivity contribution in [2.75, 3.05) is 6.54 Å². The number of carbonyl (C=O) groups excluding carboxylic acids is 4. The number of thiazole rings is 1. The van der Waals surface area contributed by atoms with Crippen LogP contribution in [0.25, 0.3) is 4.96 Å². The molecular formula is C25H33N7O5S. The first kappa shape index (κ1) is 27.3. The Bertz CT molecular complexity index is 1360. The Morgan fingerprint density at radius 3 is 2.66 bits per heavy atom. The molecule has 4 heterocycles. The van der Waals surface area contributed by atoms with Crippen LogP contribution in [-0.2, 0) is 9.59 Å². The van der Waals surface area contributed by atoms with Crippen LogP contribution >= 0.6 is 11.3 Å². The van der Waals surface area contributed by atoms with Gasteiger partial charge < -0.3 is 25.7 Å². The molecule has 3 aromatic heterocycles. The predicted molar refractivity (Wildman–Crippen MR) is 140 cm³/mol. The lowest BCUT2D eigenvalue weighted by atomic mass is 10.0. The third-order valence-corrected chi connectivity index (χ3v) is 7.25. The van der Waals surface area contributed by atoms with E-state index in [9.17, 15) is 19.2 Å². The Labute approximate surface area is 224 Å². The maximum absolute atomic E-state index is 13.5. The van der Waals surface area contributed by atoms with Gasteiger partial charge in [-0.2, -0.15) is 0 Å². The highest BCUT2D eigenvalue weighted by molar-refractivity contribution is 7.15. The summed E-state index contributed by atoms with van der Waals surface area (Å²) < 4.78 is 7.50. The molecule has 0 radical (unpaired) electrons. The molecule has 4 N–H and O–H groups in total. The van der Waals surface area contributed by atoms with Crippen molar-refractivity contribution in [3.05, 3.63) is 40.3 Å². The van der Waals surface area contributed by atoms with Gasteiger partial charge in [0.2, 0.25) is 17.7 Å². The van der Waals surface area contributed by atoms with Crippen LogP contribution in [0.15, 0.2) is 16.0 Å². The van der Waals surface area contributed by atoms with Crippen molar-refractivity contribution in [1.82, 2.24) is 35.6 Å². The number of carbonyl (C=O) groups is 4. The monoisotopic (exact) mass is 543 g/mol. The zero-order valence-corrected chi connectivity index (χ0v) is 22.9. The van der Waals surface area contributed by atoms with Crippen LogP contribution in [0.4, 0.5) is 0 Å². The highest BCUT2D eigenvalue weighted by atomic mass is 32.1. The Kier molecular flexibility index (Phi) is 8.14. The first-order chi connectivity index (χ1) is 18.1. The van der Waals surface area contributed by atoms with Crippen LogP contribution in [0.5, 0.6) is 0 Å². The topological polar surface area (TPSA) is 160 Å². The molecule has 1 aliphatic rings. The number of aromatic nitrogens is 3. The molecule has 0 saturated heterocycles. The molecular weight excluding hydrogens is 510 g/mol. The average Bonchev–Trinajstić information content (AvgIpc) is 3.54. The van der Waals surface area contributed by atoms with Gasteiger partial charge in [-0.15, -0.1) is 11.3 Å². The van der Waals surface area contributed by atoms with Crippen molar-refractivity contribution < 1.29 is 23.6 Å². The molecule has 38 heavy (non-hydrogen) atoms. The lowest BCUT2D eigenvalue weighted by molar-refractivity contribution is -0.124. The molecule has 4 rings (SSSR count). The molecule has 1 aliphatic heterocycles. The fraction of sp³-hybridized carbons (Fsp3) is 0.520. The second kappa shape index (κ2) is 11.3. The van der Waals surface area contributed by atoms with E-state index in [0.717, 1.165) is 0 Å². The van der Waals surface area contributed by atoms with E-state index in [-0.39, 0.29) is 29.2 Å². The molecule has 0 saturated carbocycles. The summed E-state index contributed by atoms with van der Waals surface area (Å²) in [7, 11) is 0. The normalized spacial score (nSPS) is 21.7. The third kappa shape index (κ3) is 5.72. The smallest absolute Gasteiger partial charge is 0.274 e. The molecule has 204 valence electrons. The number of oxazole rings is 1. The lowest BCUT2D eigenvalue weighted by Gasteiger charge is -2.24. The molecule has 0 fully saturated rings. The standard InChI is InChI=1S/C25H33N7O5S/c1-12(2)17-24-31-18(15(5)37-24)22(35)27-14(4)20(33)26-9-7-6-8-16(21(34)30-17)29-23(36)19-13(3)28-25-32(19)10-11-38-25/h10-12,14,16-17H,6-9H2,1-5H3,(H,26,33)(H,27,35)(H,29,36)(H,30,34)/t14-,16+,17+/m1/s1. The number of nitrogens with zero attached hydrogens (tertiary/aromatic N) is 3. The molecule has 0 aromatic carbocycles. The minimum atomic E-state index is -0.853. The number of rotatable bonds is 3. The summed E-state index contributed by atoms with van der Waals surface area (Å²) in [5, 5.41) is 13.1. The molecule has 12 nitrogen and oxygen atoms in total. The SMILES string of the molecule is Cc1nc2sccn2c1C(=O)N[C@H]1CCCCNC(=O)[C@@H](C)NC(=O)c2nc(oc2C)[C@H](C(C)C)NC1=O. The quantitative estimate of drug-likeness (QED) is 0.393. The summed E-state index contributed by atoms with van der Waals surface area (Å²) >= 11 is 1.42. The van der Waals surface area contributed by atoms with Gasteiger partial charge in [-0.05, 0) is 46.0 Å². The summed E-state index contributed by atoms with van der Waals surface area (Å²) in [5.41, 5.74) is 0.996. The van der Waals surface area contributed by atoms with Gasteiger partial charge in [0.25, 0.3) is 11.8 Å². The Morgan fingerprint density at radius 1 is 1.16 bits per heavy atom. The van der Waals surface area contributed by atoms with Crippen LogP contribution in [0, 0.1) is 19.8 Å². The predicted octanol–water partition coefficient (Wildman–Crippen LogP) is 2.03. The van der Waals surface area contributed by atoms with Crippen molar-refractivity contribution in [1.29, 1.82) is 0 Å². The summed E-state index contributed by atoms with van der Waals surface area (Å²) in [6, 6.07) is -2.26. The summed E-state index contributed by atoms with van der Waals surface area (Å²) in [5.74, 6) is -1.35. The number of fused-ring (bicyclic) bond motifs is 3. The van der Waals surface area contributed by atoms with Crippen LogP contribution in [0.1, 0.15) is 84.4 Å². The van der Waals surface area contributed by atoms with Crippen molar-refractivity contribution >= 4 is 39.9 Å². The molecule has 13 heteroatoms. The number of hydrogen-bond donors (Lipinski definition) is 4. The van der Waals surface area contributed by atoms with Gasteiger partial charge in [-0.1, -0.05) is 13.8 Å². The zero-order valence-electron chi connectivity index (χ0n) is 22.1. The van der Waals surface area contributed by atoms with E-state index in [1.165, 1.54) is 11.3 Å². The molecule has 0 aliphatic carbocycles. The maximum atomic E-state index is 13.5. The molecule has 3 aromatic rings. The minimum Gasteiger partial charge on any atom is -0.443 e. The van der Waals surface area contributed by atoms with Gasteiger partial charge in [-0.25, -0.2) is 9.97 Å². The molecule has 2 bridgehead atoms. The van der Waals surface area contributed by atoms with Crippen molar-refractivity contribution in [3.8, 4) is 0 Å². The van der Waals surface area contributed by atoms with Crippen LogP contribution in [-0.4, -0.2) is 56.6 Å². The lowest BCUT2D eigenvalue weighted by Crippen LogP contribution is -2.49. The number of nitrogens with one attached hydrogen (secondary N) is 4. The summed E-state index contributed by atoms with van der Waals surface area (Å²) in [6.45, 7) is 9.10. The Balaban J connectivity index is 1.63. The van der Waals surface area contributed by atoms with E-state index in [1.807, 2.05) is 19.2 Å². The second-order valence-corrected chi connectivity index (χ2v) is 10.7. The summed E-state index contributed by atoms with van der Waals surface area (Å²) in [6.07, 6.45) is 3.27. The first-order valence-electron chi connectivity index (χ1n) is 12.7. The maximum Gasteiger partial charge on any atom is 0.274 e. The fourth-order valence-corrected chi connectivity index (χ4v) is 5.12. The van der Waals surface area contributed by atoms with E-state index in [1.54, 1.807) is 31.4 Å². The number of amides is 4. The average molecular weight is 544 g/mol. The van der Waals surface area contributed by atoms with E-state index in [4.69, 9.17) is 4.42 Å². The third-order valence-electron chi connectivity index (χ3n) is 6.49. The minimum absolute atomic E-state index is 0.0486. The van der Waals surface area contributed by atoms with Crippen LogP contribution in [0.2, 0.25) is 0 Å². The highest BCUT2D eigenvalue weighted by Gasteiger charge is 2.31. The van der Waals surface area contributed by atoms with Crippen LogP contribution < -0.4 is 21.3 Å². The van der Waals surface area contributed by atoms with Gasteiger partial charge in [-0.3, -0.25) is 23.6 Å².